The number of nitrogens with zero attached hydrogens (tertiary/aromatic N) is 1. The smallest absolute Gasteiger partial charge is 0.314 e. The molecule has 0 aromatic heterocycles. The summed E-state index contributed by atoms with van der Waals surface area (Å²) in [6.45, 7) is 0.374. The molecular formula is C18H17NO5. The van der Waals surface area contributed by atoms with Crippen molar-refractivity contribution in [3.8, 4) is 5.75 Å². The van der Waals surface area contributed by atoms with E-state index in [4.69, 9.17) is 9.47 Å². The minimum Gasteiger partial charge on any atom is -0.497 e. The van der Waals surface area contributed by atoms with Gasteiger partial charge in [0.05, 0.1) is 24.6 Å². The van der Waals surface area contributed by atoms with Gasteiger partial charge in [-0.05, 0) is 29.7 Å². The molecule has 0 radical (unpaired) electrons. The van der Waals surface area contributed by atoms with Crippen LogP contribution in [-0.2, 0) is 9.53 Å². The van der Waals surface area contributed by atoms with Crippen LogP contribution in [0.2, 0.25) is 0 Å². The number of esters is 1. The number of nitro benzene ring substituents is 1. The Labute approximate surface area is 139 Å². The van der Waals surface area contributed by atoms with E-state index in [1.807, 2.05) is 24.3 Å². The topological polar surface area (TPSA) is 78.7 Å². The van der Waals surface area contributed by atoms with Gasteiger partial charge in [-0.3, -0.25) is 14.9 Å². The van der Waals surface area contributed by atoms with E-state index in [9.17, 15) is 14.9 Å². The molecule has 124 valence electrons. The molecule has 0 amide bonds. The molecule has 1 heterocycles. The molecule has 0 unspecified atom stereocenters. The minimum atomic E-state index is -0.465. The van der Waals surface area contributed by atoms with Crippen molar-refractivity contribution in [1.29, 1.82) is 0 Å². The molecule has 0 spiro atoms. The first-order chi connectivity index (χ1) is 11.6. The van der Waals surface area contributed by atoms with E-state index in [0.717, 1.165) is 16.9 Å². The predicted molar refractivity (Wildman–Crippen MR) is 87.1 cm³/mol. The van der Waals surface area contributed by atoms with Gasteiger partial charge in [0.2, 0.25) is 0 Å². The zero-order valence-electron chi connectivity index (χ0n) is 13.2. The monoisotopic (exact) mass is 327 g/mol. The number of nitro groups is 1. The number of cyclic esters (lactones) is 1. The number of methoxy groups -OCH3 is 1. The maximum atomic E-state index is 12.3. The van der Waals surface area contributed by atoms with Crippen molar-refractivity contribution in [2.75, 3.05) is 13.7 Å². The molecule has 2 aromatic rings. The number of benzene rings is 2. The molecule has 1 saturated heterocycles. The van der Waals surface area contributed by atoms with E-state index < -0.39 is 10.8 Å². The number of hydrogen-bond acceptors (Lipinski definition) is 5. The van der Waals surface area contributed by atoms with Crippen LogP contribution in [0.25, 0.3) is 0 Å². The third-order valence-electron chi connectivity index (χ3n) is 4.34. The summed E-state index contributed by atoms with van der Waals surface area (Å²) >= 11 is 0. The van der Waals surface area contributed by atoms with E-state index >= 15 is 0 Å². The van der Waals surface area contributed by atoms with Crippen LogP contribution in [0.4, 0.5) is 5.69 Å². The summed E-state index contributed by atoms with van der Waals surface area (Å²) in [6, 6.07) is 13.7. The van der Waals surface area contributed by atoms with Crippen molar-refractivity contribution >= 4 is 11.7 Å². The number of non-ortho nitro benzene ring substituents is 1. The van der Waals surface area contributed by atoms with Gasteiger partial charge < -0.3 is 9.47 Å². The molecule has 0 bridgehead atoms. The SMILES string of the molecule is COc1ccc([C@H]2CCOC(=O)[C@@H]2c2ccc([N+](=O)[O-])cc2)cc1. The number of rotatable bonds is 4. The standard InChI is InChI=1S/C18H17NO5/c1-23-15-8-4-12(5-9-15)16-10-11-24-18(20)17(16)13-2-6-14(7-3-13)19(21)22/h2-9,16-17H,10-11H2,1H3/t16-,17-/m1/s1. The zero-order valence-corrected chi connectivity index (χ0v) is 13.2. The fraction of sp³-hybridized carbons (Fsp3) is 0.278. The van der Waals surface area contributed by atoms with Crippen molar-refractivity contribution in [1.82, 2.24) is 0 Å². The summed E-state index contributed by atoms with van der Waals surface area (Å²) in [6.07, 6.45) is 0.708. The normalized spacial score (nSPS) is 20.3. The van der Waals surface area contributed by atoms with Gasteiger partial charge in [-0.2, -0.15) is 0 Å². The second-order valence-electron chi connectivity index (χ2n) is 5.66. The number of carbonyl (C=O) groups excluding carboxylic acids is 1. The Hall–Kier alpha value is -2.89. The summed E-state index contributed by atoms with van der Waals surface area (Å²) < 4.78 is 10.4. The van der Waals surface area contributed by atoms with Crippen molar-refractivity contribution in [3.05, 3.63) is 69.8 Å². The maximum absolute atomic E-state index is 12.3. The first kappa shape index (κ1) is 16.0. The fourth-order valence-corrected chi connectivity index (χ4v) is 3.09. The van der Waals surface area contributed by atoms with Crippen molar-refractivity contribution in [2.45, 2.75) is 18.3 Å². The third kappa shape index (κ3) is 3.08. The van der Waals surface area contributed by atoms with E-state index in [1.54, 1.807) is 19.2 Å². The van der Waals surface area contributed by atoms with Crippen LogP contribution in [0.15, 0.2) is 48.5 Å². The molecule has 1 fully saturated rings. The maximum Gasteiger partial charge on any atom is 0.314 e. The summed E-state index contributed by atoms with van der Waals surface area (Å²) in [5, 5.41) is 10.8. The average Bonchev–Trinajstić information content (AvgIpc) is 2.61. The Morgan fingerprint density at radius 2 is 1.71 bits per heavy atom. The average molecular weight is 327 g/mol. The lowest BCUT2D eigenvalue weighted by atomic mass is 9.78. The van der Waals surface area contributed by atoms with Crippen LogP contribution in [0.3, 0.4) is 0 Å². The van der Waals surface area contributed by atoms with E-state index in [0.29, 0.717) is 13.0 Å². The molecule has 24 heavy (non-hydrogen) atoms. The summed E-state index contributed by atoms with van der Waals surface area (Å²) in [5.74, 6) is -0.0356. The van der Waals surface area contributed by atoms with Crippen LogP contribution in [-0.4, -0.2) is 24.6 Å². The second kappa shape index (κ2) is 6.70. The Morgan fingerprint density at radius 3 is 2.29 bits per heavy atom. The summed E-state index contributed by atoms with van der Waals surface area (Å²) in [4.78, 5) is 22.7. The Bertz CT molecular complexity index is 739. The van der Waals surface area contributed by atoms with Gasteiger partial charge in [0.1, 0.15) is 5.75 Å². The molecule has 1 aliphatic rings. The van der Waals surface area contributed by atoms with E-state index in [2.05, 4.69) is 0 Å². The van der Waals surface area contributed by atoms with Gasteiger partial charge in [-0.1, -0.05) is 24.3 Å². The molecule has 6 heteroatoms. The molecular weight excluding hydrogens is 310 g/mol. The highest BCUT2D eigenvalue weighted by Gasteiger charge is 2.36. The van der Waals surface area contributed by atoms with Crippen LogP contribution in [0.1, 0.15) is 29.4 Å². The van der Waals surface area contributed by atoms with Gasteiger partial charge in [-0.15, -0.1) is 0 Å². The first-order valence-corrected chi connectivity index (χ1v) is 7.65. The van der Waals surface area contributed by atoms with Crippen molar-refractivity contribution in [2.24, 2.45) is 0 Å². The largest absolute Gasteiger partial charge is 0.497 e. The zero-order chi connectivity index (χ0) is 17.1. The molecule has 2 aromatic carbocycles. The highest BCUT2D eigenvalue weighted by Crippen LogP contribution is 2.40. The lowest BCUT2D eigenvalue weighted by molar-refractivity contribution is -0.384. The molecule has 0 saturated carbocycles. The first-order valence-electron chi connectivity index (χ1n) is 7.65. The van der Waals surface area contributed by atoms with Crippen molar-refractivity contribution < 1.29 is 19.2 Å². The Balaban J connectivity index is 1.94. The molecule has 0 aliphatic carbocycles. The highest BCUT2D eigenvalue weighted by atomic mass is 16.6. The van der Waals surface area contributed by atoms with E-state index in [1.165, 1.54) is 12.1 Å². The molecule has 0 N–H and O–H groups in total. The molecule has 3 rings (SSSR count). The second-order valence-corrected chi connectivity index (χ2v) is 5.66. The quantitative estimate of drug-likeness (QED) is 0.488. The van der Waals surface area contributed by atoms with Crippen LogP contribution >= 0.6 is 0 Å². The molecule has 2 atom stereocenters. The fourth-order valence-electron chi connectivity index (χ4n) is 3.09. The number of ether oxygens (including phenoxy) is 2. The van der Waals surface area contributed by atoms with Crippen LogP contribution in [0, 0.1) is 10.1 Å². The third-order valence-corrected chi connectivity index (χ3v) is 4.34. The van der Waals surface area contributed by atoms with Gasteiger partial charge in [0.15, 0.2) is 0 Å². The van der Waals surface area contributed by atoms with Gasteiger partial charge in [-0.25, -0.2) is 0 Å². The minimum absolute atomic E-state index is 0.00363. The van der Waals surface area contributed by atoms with Gasteiger partial charge >= 0.3 is 5.97 Å². The van der Waals surface area contributed by atoms with E-state index in [-0.39, 0.29) is 17.6 Å². The van der Waals surface area contributed by atoms with Crippen LogP contribution in [0.5, 0.6) is 5.75 Å². The predicted octanol–water partition coefficient (Wildman–Crippen LogP) is 3.42. The number of hydrogen-bond donors (Lipinski definition) is 0. The summed E-state index contributed by atoms with van der Waals surface area (Å²) in [5.41, 5.74) is 1.76. The molecule has 1 aliphatic heterocycles. The van der Waals surface area contributed by atoms with Gasteiger partial charge in [0, 0.05) is 18.1 Å². The lowest BCUT2D eigenvalue weighted by Crippen LogP contribution is -2.29. The molecule has 6 nitrogen and oxygen atoms in total. The van der Waals surface area contributed by atoms with Crippen molar-refractivity contribution in [3.63, 3.8) is 0 Å². The lowest BCUT2D eigenvalue weighted by Gasteiger charge is -2.31. The summed E-state index contributed by atoms with van der Waals surface area (Å²) in [7, 11) is 1.60. The number of carbonyl (C=O) groups is 1. The Morgan fingerprint density at radius 1 is 1.08 bits per heavy atom. The van der Waals surface area contributed by atoms with Crippen LogP contribution < -0.4 is 4.74 Å². The Kier molecular flexibility index (Phi) is 4.46. The van der Waals surface area contributed by atoms with Gasteiger partial charge in [0.25, 0.3) is 5.69 Å². The highest BCUT2D eigenvalue weighted by molar-refractivity contribution is 5.80.